The molecule has 3 saturated carbocycles. The van der Waals surface area contributed by atoms with E-state index in [2.05, 4.69) is 26.0 Å². The Bertz CT molecular complexity index is 458. The van der Waals surface area contributed by atoms with E-state index in [1.54, 1.807) is 0 Å². The number of hydrogen-bond acceptors (Lipinski definition) is 2. The van der Waals surface area contributed by atoms with Crippen molar-refractivity contribution in [2.75, 3.05) is 0 Å². The highest BCUT2D eigenvalue weighted by Crippen LogP contribution is 2.65. The highest BCUT2D eigenvalue weighted by molar-refractivity contribution is 5.14. The van der Waals surface area contributed by atoms with Crippen molar-refractivity contribution in [2.24, 2.45) is 34.5 Å². The van der Waals surface area contributed by atoms with Crippen LogP contribution >= 0.6 is 0 Å². The second-order valence-corrected chi connectivity index (χ2v) is 8.83. The molecule has 0 spiro atoms. The van der Waals surface area contributed by atoms with Gasteiger partial charge in [0.25, 0.3) is 0 Å². The summed E-state index contributed by atoms with van der Waals surface area (Å²) in [6.45, 7) is 4.77. The van der Waals surface area contributed by atoms with Gasteiger partial charge in [-0.2, -0.15) is 0 Å². The fourth-order valence-electron chi connectivity index (χ4n) is 6.81. The minimum Gasteiger partial charge on any atom is -0.390 e. The first-order valence-corrected chi connectivity index (χ1v) is 8.99. The van der Waals surface area contributed by atoms with Crippen molar-refractivity contribution in [1.29, 1.82) is 0 Å². The van der Waals surface area contributed by atoms with Gasteiger partial charge in [-0.1, -0.05) is 26.0 Å². The van der Waals surface area contributed by atoms with Crippen molar-refractivity contribution < 1.29 is 10.2 Å². The van der Waals surface area contributed by atoms with Crippen LogP contribution in [0.1, 0.15) is 58.8 Å². The fraction of sp³-hybridized carbons (Fsp3) is 0.895. The summed E-state index contributed by atoms with van der Waals surface area (Å²) in [7, 11) is 0. The Morgan fingerprint density at radius 1 is 0.952 bits per heavy atom. The summed E-state index contributed by atoms with van der Waals surface area (Å²) >= 11 is 0. The van der Waals surface area contributed by atoms with E-state index in [-0.39, 0.29) is 5.41 Å². The molecule has 21 heavy (non-hydrogen) atoms. The van der Waals surface area contributed by atoms with Crippen molar-refractivity contribution >= 4 is 0 Å². The zero-order valence-electron chi connectivity index (χ0n) is 13.5. The highest BCUT2D eigenvalue weighted by Gasteiger charge is 2.61. The van der Waals surface area contributed by atoms with Crippen LogP contribution in [0.3, 0.4) is 0 Å². The molecule has 118 valence electrons. The standard InChI is InChI=1S/C19H30O2/c1-18-9-4-3-5-12(18)6-7-13-14(18)8-10-19(2)15(13)11-16(20)17(19)21/h3,5,12-17,20-21H,4,6-11H2,1-2H3/t12?,13-,14+,15+,16-,17+,18+,19+/m1/s1. The monoisotopic (exact) mass is 290 g/mol. The molecule has 0 aromatic heterocycles. The number of aliphatic hydroxyl groups excluding tert-OH is 2. The Morgan fingerprint density at radius 2 is 1.76 bits per heavy atom. The molecule has 0 heterocycles. The zero-order valence-corrected chi connectivity index (χ0v) is 13.5. The smallest absolute Gasteiger partial charge is 0.0855 e. The summed E-state index contributed by atoms with van der Waals surface area (Å²) in [5, 5.41) is 20.7. The van der Waals surface area contributed by atoms with Gasteiger partial charge in [-0.15, -0.1) is 0 Å². The van der Waals surface area contributed by atoms with Gasteiger partial charge >= 0.3 is 0 Å². The normalized spacial score (nSPS) is 59.2. The molecule has 0 aromatic carbocycles. The van der Waals surface area contributed by atoms with Crippen molar-refractivity contribution in [3.63, 3.8) is 0 Å². The molecular formula is C19H30O2. The van der Waals surface area contributed by atoms with Gasteiger partial charge in [0.15, 0.2) is 0 Å². The lowest BCUT2D eigenvalue weighted by molar-refractivity contribution is -0.109. The van der Waals surface area contributed by atoms with Crippen LogP contribution in [0.25, 0.3) is 0 Å². The van der Waals surface area contributed by atoms with Crippen molar-refractivity contribution in [1.82, 2.24) is 0 Å². The number of aliphatic hydroxyl groups is 2. The van der Waals surface area contributed by atoms with E-state index >= 15 is 0 Å². The van der Waals surface area contributed by atoms with Crippen LogP contribution in [0.2, 0.25) is 0 Å². The topological polar surface area (TPSA) is 40.5 Å². The molecule has 0 amide bonds. The van der Waals surface area contributed by atoms with Crippen LogP contribution in [-0.2, 0) is 0 Å². The lowest BCUT2D eigenvalue weighted by atomic mass is 9.46. The molecule has 2 heteroatoms. The third-order valence-corrected chi connectivity index (χ3v) is 8.13. The SMILES string of the molecule is C[C@]12CC[C@H]3[C@@H](CCC4C=CCC[C@@]43C)[C@@H]1C[C@@H](O)[C@@H]2O. The number of hydrogen-bond donors (Lipinski definition) is 2. The third-order valence-electron chi connectivity index (χ3n) is 8.13. The molecule has 0 aromatic rings. The Balaban J connectivity index is 1.67. The molecule has 3 fully saturated rings. The molecule has 4 rings (SSSR count). The van der Waals surface area contributed by atoms with Gasteiger partial charge in [0, 0.05) is 0 Å². The van der Waals surface area contributed by atoms with Gasteiger partial charge in [-0.05, 0) is 79.4 Å². The van der Waals surface area contributed by atoms with Crippen molar-refractivity contribution in [3.8, 4) is 0 Å². The highest BCUT2D eigenvalue weighted by atomic mass is 16.3. The molecule has 2 nitrogen and oxygen atoms in total. The molecular weight excluding hydrogens is 260 g/mol. The summed E-state index contributed by atoms with van der Waals surface area (Å²) in [5.41, 5.74) is 0.436. The lowest BCUT2D eigenvalue weighted by Crippen LogP contribution is -2.52. The van der Waals surface area contributed by atoms with Crippen LogP contribution in [0, 0.1) is 34.5 Å². The maximum Gasteiger partial charge on any atom is 0.0855 e. The van der Waals surface area contributed by atoms with Crippen molar-refractivity contribution in [3.05, 3.63) is 12.2 Å². The molecule has 8 atom stereocenters. The second-order valence-electron chi connectivity index (χ2n) is 8.83. The van der Waals surface area contributed by atoms with E-state index in [4.69, 9.17) is 0 Å². The van der Waals surface area contributed by atoms with Gasteiger partial charge in [-0.25, -0.2) is 0 Å². The lowest BCUT2D eigenvalue weighted by Gasteiger charge is -2.59. The molecule has 2 N–H and O–H groups in total. The molecule has 0 radical (unpaired) electrons. The Kier molecular flexibility index (Phi) is 3.11. The Morgan fingerprint density at radius 3 is 2.57 bits per heavy atom. The first kappa shape index (κ1) is 14.3. The van der Waals surface area contributed by atoms with E-state index in [1.807, 2.05) is 0 Å². The van der Waals surface area contributed by atoms with Crippen molar-refractivity contribution in [2.45, 2.75) is 71.0 Å². The van der Waals surface area contributed by atoms with Gasteiger partial charge < -0.3 is 10.2 Å². The summed E-state index contributed by atoms with van der Waals surface area (Å²) in [6.07, 6.45) is 12.3. The maximum atomic E-state index is 10.5. The summed E-state index contributed by atoms with van der Waals surface area (Å²) in [4.78, 5) is 0. The minimum absolute atomic E-state index is 0.0334. The van der Waals surface area contributed by atoms with Crippen LogP contribution in [-0.4, -0.2) is 22.4 Å². The second kappa shape index (κ2) is 4.58. The van der Waals surface area contributed by atoms with E-state index in [0.717, 1.165) is 30.6 Å². The fourth-order valence-corrected chi connectivity index (χ4v) is 6.81. The molecule has 0 bridgehead atoms. The average molecular weight is 290 g/mol. The molecule has 1 unspecified atom stereocenters. The van der Waals surface area contributed by atoms with Gasteiger partial charge in [0.2, 0.25) is 0 Å². The van der Waals surface area contributed by atoms with E-state index in [0.29, 0.717) is 11.3 Å². The first-order valence-electron chi connectivity index (χ1n) is 8.99. The number of rotatable bonds is 0. The first-order chi connectivity index (χ1) is 9.97. The van der Waals surface area contributed by atoms with Crippen LogP contribution < -0.4 is 0 Å². The molecule has 0 aliphatic heterocycles. The molecule has 4 aliphatic carbocycles. The minimum atomic E-state index is -0.500. The largest absolute Gasteiger partial charge is 0.390 e. The van der Waals surface area contributed by atoms with Gasteiger partial charge in [-0.3, -0.25) is 0 Å². The third kappa shape index (κ3) is 1.78. The maximum absolute atomic E-state index is 10.5. The van der Waals surface area contributed by atoms with E-state index in [1.165, 1.54) is 32.1 Å². The Labute approximate surface area is 128 Å². The van der Waals surface area contributed by atoms with E-state index < -0.39 is 12.2 Å². The summed E-state index contributed by atoms with van der Waals surface area (Å²) in [5.74, 6) is 2.83. The van der Waals surface area contributed by atoms with Gasteiger partial charge in [0.05, 0.1) is 12.2 Å². The quantitative estimate of drug-likeness (QED) is 0.670. The van der Waals surface area contributed by atoms with E-state index in [9.17, 15) is 10.2 Å². The van der Waals surface area contributed by atoms with Crippen LogP contribution in [0.15, 0.2) is 12.2 Å². The van der Waals surface area contributed by atoms with Gasteiger partial charge in [0.1, 0.15) is 0 Å². The zero-order chi connectivity index (χ0) is 14.8. The summed E-state index contributed by atoms with van der Waals surface area (Å²) < 4.78 is 0. The molecule has 0 saturated heterocycles. The van der Waals surface area contributed by atoms with Crippen LogP contribution in [0.5, 0.6) is 0 Å². The summed E-state index contributed by atoms with van der Waals surface area (Å²) in [6, 6.07) is 0. The van der Waals surface area contributed by atoms with Crippen LogP contribution in [0.4, 0.5) is 0 Å². The average Bonchev–Trinajstić information content (AvgIpc) is 2.70. The number of fused-ring (bicyclic) bond motifs is 5. The number of allylic oxidation sites excluding steroid dienone is 2. The predicted molar refractivity (Wildman–Crippen MR) is 83.6 cm³/mol. The molecule has 4 aliphatic rings. The predicted octanol–water partition coefficient (Wildman–Crippen LogP) is 3.53. The Hall–Kier alpha value is -0.340.